The predicted molar refractivity (Wildman–Crippen MR) is 297 cm³/mol. The Morgan fingerprint density at radius 2 is 0.944 bits per heavy atom. The maximum Gasteiger partial charge on any atom is 0.335 e. The minimum Gasteiger partial charge on any atom is -0.871 e. The maximum absolute atomic E-state index is 14.3. The lowest BCUT2D eigenvalue weighted by Gasteiger charge is -2.33. The molecule has 2 heterocycles. The Morgan fingerprint density at radius 1 is 0.542 bits per heavy atom. The first kappa shape index (κ1) is 58.4. The van der Waals surface area contributed by atoms with Gasteiger partial charge in [-0.05, 0) is 68.7 Å². The number of nitrogens with zero attached hydrogens (tertiary/aromatic N) is 2. The molecule has 0 saturated heterocycles. The third kappa shape index (κ3) is 16.3. The molecule has 0 fully saturated rings. The van der Waals surface area contributed by atoms with Crippen LogP contribution in [-0.4, -0.2) is 51.3 Å². The number of carboxylic acid groups (broad SMARTS) is 2. The first-order valence-electron chi connectivity index (χ1n) is 29.3. The molecular weight excluding hydrogens is 893 g/mol. The third-order valence-corrected chi connectivity index (χ3v) is 16.3. The number of carboxylic acids is 2. The van der Waals surface area contributed by atoms with Gasteiger partial charge in [0.15, 0.2) is 11.5 Å². The van der Waals surface area contributed by atoms with Crippen LogP contribution in [-0.2, 0) is 15.6 Å². The quantitative estimate of drug-likeness (QED) is 0.0390. The van der Waals surface area contributed by atoms with Crippen molar-refractivity contribution >= 4 is 34.8 Å². The highest BCUT2D eigenvalue weighted by Crippen LogP contribution is 2.50. The zero-order chi connectivity index (χ0) is 51.9. The molecular formula is C64H96N2O6. The van der Waals surface area contributed by atoms with Crippen LogP contribution >= 0.6 is 0 Å². The molecule has 8 heteroatoms. The zero-order valence-electron chi connectivity index (χ0n) is 46.1. The van der Waals surface area contributed by atoms with Gasteiger partial charge in [-0.15, -0.1) is 0 Å². The number of hydrogen-bond donors (Lipinski definition) is 2. The summed E-state index contributed by atoms with van der Waals surface area (Å²) in [7, 11) is 0. The van der Waals surface area contributed by atoms with Gasteiger partial charge in [-0.2, -0.15) is 4.58 Å². The maximum atomic E-state index is 14.3. The van der Waals surface area contributed by atoms with E-state index in [9.17, 15) is 29.7 Å². The van der Waals surface area contributed by atoms with Crippen LogP contribution in [0, 0.1) is 0 Å². The molecule has 2 aliphatic heterocycles. The van der Waals surface area contributed by atoms with Crippen molar-refractivity contribution in [3.63, 3.8) is 0 Å². The van der Waals surface area contributed by atoms with E-state index >= 15 is 0 Å². The summed E-state index contributed by atoms with van der Waals surface area (Å²) < 4.78 is 2.21. The fourth-order valence-corrected chi connectivity index (χ4v) is 11.6. The van der Waals surface area contributed by atoms with Crippen LogP contribution in [0.5, 0.6) is 0 Å². The Balaban J connectivity index is 1.22. The van der Waals surface area contributed by atoms with Gasteiger partial charge in [0.1, 0.15) is 6.54 Å². The number of carbonyl (C=O) groups is 3. The van der Waals surface area contributed by atoms with Crippen molar-refractivity contribution in [2.24, 2.45) is 0 Å². The van der Waals surface area contributed by atoms with E-state index in [0.29, 0.717) is 13.1 Å². The van der Waals surface area contributed by atoms with E-state index in [0.717, 1.165) is 72.4 Å². The fourth-order valence-electron chi connectivity index (χ4n) is 11.6. The molecule has 0 spiro atoms. The SMILES string of the molecule is CCCCCCCCCCCCCCCCCCN1/C(=C\C2=C([O-])C(=C\C3=[N+](CCCCCCCCCCCCCCCCCC)c4ccc(C(=O)O)cc4C3(C)C)/C2=O)C(C)(C)c2cc(C(=O)O)ccc21. The van der Waals surface area contributed by atoms with Crippen LogP contribution in [0.2, 0.25) is 0 Å². The number of ketones is 1. The van der Waals surface area contributed by atoms with Crippen molar-refractivity contribution in [3.8, 4) is 0 Å². The topological polar surface area (TPSA) is 121 Å². The molecule has 0 unspecified atom stereocenters. The standard InChI is InChI=1S/C64H96N2O6/c1-7-9-11-13-15-17-19-21-23-25-27-29-31-33-35-37-43-65-55-41-39-49(61(69)70)45-53(55)63(3,4)57(65)47-51-59(67)52(60(51)68)48-58-64(5,6)54-46-50(62(71)72)40-42-56(54)66(58)44-38-36-34-32-30-28-26-24-22-20-18-16-14-12-10-8-2/h39-42,45-48H,7-38,43-44H2,1-6H3,(H2-,67,68,69,70,71,72). The Bertz CT molecular complexity index is 2210. The number of unbranched alkanes of at least 4 members (excludes halogenated alkanes) is 30. The number of rotatable bonds is 38. The summed E-state index contributed by atoms with van der Waals surface area (Å²) >= 11 is 0. The van der Waals surface area contributed by atoms with E-state index < -0.39 is 22.8 Å². The average Bonchev–Trinajstić information content (AvgIpc) is 3.70. The van der Waals surface area contributed by atoms with Gasteiger partial charge in [-0.1, -0.05) is 220 Å². The first-order valence-corrected chi connectivity index (χ1v) is 29.3. The van der Waals surface area contributed by atoms with Crippen molar-refractivity contribution in [2.45, 2.75) is 258 Å². The lowest BCUT2D eigenvalue weighted by atomic mass is 9.77. The van der Waals surface area contributed by atoms with Crippen LogP contribution in [0.15, 0.2) is 71.2 Å². The fraction of sp³-hybridized carbons (Fsp3) is 0.656. The monoisotopic (exact) mass is 989 g/mol. The Kier molecular flexibility index (Phi) is 24.4. The van der Waals surface area contributed by atoms with Gasteiger partial charge in [0.25, 0.3) is 0 Å². The summed E-state index contributed by atoms with van der Waals surface area (Å²) in [4.78, 5) is 40.7. The minimum absolute atomic E-state index is 0.152. The largest absolute Gasteiger partial charge is 0.871 e. The molecule has 2 N–H and O–H groups in total. The second-order valence-electron chi connectivity index (χ2n) is 22.8. The van der Waals surface area contributed by atoms with Crippen molar-refractivity contribution < 1.29 is 34.3 Å². The van der Waals surface area contributed by atoms with Gasteiger partial charge in [-0.3, -0.25) is 4.79 Å². The summed E-state index contributed by atoms with van der Waals surface area (Å²) in [5.41, 5.74) is 4.76. The summed E-state index contributed by atoms with van der Waals surface area (Å²) in [6.07, 6.45) is 44.8. The normalized spacial score (nSPS) is 16.9. The number of aromatic carboxylic acids is 2. The van der Waals surface area contributed by atoms with Crippen LogP contribution in [0.25, 0.3) is 0 Å². The molecule has 2 aromatic carbocycles. The van der Waals surface area contributed by atoms with Crippen LogP contribution < -0.4 is 10.0 Å². The van der Waals surface area contributed by atoms with Gasteiger partial charge in [-0.25, -0.2) is 9.59 Å². The Morgan fingerprint density at radius 3 is 1.38 bits per heavy atom. The van der Waals surface area contributed by atoms with E-state index in [4.69, 9.17) is 0 Å². The number of carbonyl (C=O) groups excluding carboxylic acids is 1. The lowest BCUT2D eigenvalue weighted by molar-refractivity contribution is -0.438. The second-order valence-corrected chi connectivity index (χ2v) is 22.8. The van der Waals surface area contributed by atoms with Crippen LogP contribution in [0.3, 0.4) is 0 Å². The molecule has 8 nitrogen and oxygen atoms in total. The lowest BCUT2D eigenvalue weighted by Crippen LogP contribution is -2.35. The molecule has 3 aliphatic rings. The molecule has 0 radical (unpaired) electrons. The van der Waals surface area contributed by atoms with Crippen molar-refractivity contribution in [2.75, 3.05) is 18.0 Å². The van der Waals surface area contributed by atoms with E-state index in [1.165, 1.54) is 167 Å². The second kappa shape index (κ2) is 30.0. The molecule has 0 aromatic heterocycles. The number of benzene rings is 2. The van der Waals surface area contributed by atoms with E-state index in [2.05, 4.69) is 51.0 Å². The van der Waals surface area contributed by atoms with Crippen molar-refractivity contribution in [3.05, 3.63) is 93.4 Å². The minimum atomic E-state index is -0.985. The number of Topliss-reactive ketones (excluding diaryl/α,β-unsaturated/α-hetero) is 1. The van der Waals surface area contributed by atoms with Crippen LogP contribution in [0.1, 0.15) is 279 Å². The first-order chi connectivity index (χ1) is 34.7. The molecule has 1 aliphatic carbocycles. The van der Waals surface area contributed by atoms with Gasteiger partial charge >= 0.3 is 11.9 Å². The molecule has 398 valence electrons. The molecule has 0 amide bonds. The number of hydrogen-bond acceptors (Lipinski definition) is 5. The molecule has 0 saturated carbocycles. The number of allylic oxidation sites excluding steroid dienone is 5. The number of anilines is 1. The summed E-state index contributed by atoms with van der Waals surface area (Å²) in [6, 6.07) is 10.6. The predicted octanol–water partition coefficient (Wildman–Crippen LogP) is 16.8. The summed E-state index contributed by atoms with van der Waals surface area (Å²) in [6.45, 7) is 14.2. The molecule has 2 aromatic rings. The molecule has 5 rings (SSSR count). The third-order valence-electron chi connectivity index (χ3n) is 16.3. The van der Waals surface area contributed by atoms with Crippen molar-refractivity contribution in [1.29, 1.82) is 0 Å². The molecule has 0 atom stereocenters. The zero-order valence-corrected chi connectivity index (χ0v) is 46.1. The summed E-state index contributed by atoms with van der Waals surface area (Å²) in [5, 5.41) is 34.1. The highest BCUT2D eigenvalue weighted by molar-refractivity contribution is 6.24. The highest BCUT2D eigenvalue weighted by Gasteiger charge is 2.47. The van der Waals surface area contributed by atoms with Gasteiger partial charge in [0.2, 0.25) is 5.69 Å². The molecule has 0 bridgehead atoms. The highest BCUT2D eigenvalue weighted by atomic mass is 16.4. The average molecular weight is 989 g/mol. The van der Waals surface area contributed by atoms with E-state index in [1.807, 2.05) is 12.1 Å². The van der Waals surface area contributed by atoms with Gasteiger partial charge < -0.3 is 20.2 Å². The number of fused-ring (bicyclic) bond motifs is 2. The van der Waals surface area contributed by atoms with Crippen LogP contribution in [0.4, 0.5) is 11.4 Å². The Labute approximate surface area is 436 Å². The van der Waals surface area contributed by atoms with E-state index in [-0.39, 0.29) is 33.8 Å². The van der Waals surface area contributed by atoms with Crippen molar-refractivity contribution in [1.82, 2.24) is 0 Å². The smallest absolute Gasteiger partial charge is 0.335 e. The molecule has 72 heavy (non-hydrogen) atoms. The van der Waals surface area contributed by atoms with E-state index in [1.54, 1.807) is 36.4 Å². The Hall–Kier alpha value is -4.46. The summed E-state index contributed by atoms with van der Waals surface area (Å²) in [5.74, 6) is -2.55. The van der Waals surface area contributed by atoms with Gasteiger partial charge in [0.05, 0.1) is 16.5 Å². The van der Waals surface area contributed by atoms with Gasteiger partial charge in [0, 0.05) is 58.6 Å².